The Bertz CT molecular complexity index is 262. The maximum atomic E-state index is 11.2. The highest BCUT2D eigenvalue weighted by molar-refractivity contribution is 5.73. The van der Waals surface area contributed by atoms with Crippen LogP contribution in [-0.2, 0) is 19.1 Å². The van der Waals surface area contributed by atoms with Crippen LogP contribution in [0.4, 0.5) is 0 Å². The molecule has 0 spiro atoms. The second-order valence-electron chi connectivity index (χ2n) is 3.64. The molecule has 0 N–H and O–H groups in total. The minimum atomic E-state index is -0.305. The number of carbonyl (C=O) groups excluding carboxylic acids is 2. The molecule has 0 fully saturated rings. The minimum absolute atomic E-state index is 0.144. The Balaban J connectivity index is 2.53. The third-order valence-electron chi connectivity index (χ3n) is 2.62. The maximum absolute atomic E-state index is 11.2. The molecule has 90 valence electrons. The Labute approximate surface area is 95.0 Å². The number of ether oxygens (including phenoxy) is 2. The summed E-state index contributed by atoms with van der Waals surface area (Å²) < 4.78 is 9.23. The first-order chi connectivity index (χ1) is 7.67. The molecule has 0 aromatic carbocycles. The zero-order valence-corrected chi connectivity index (χ0v) is 9.64. The highest BCUT2D eigenvalue weighted by atomic mass is 16.5. The van der Waals surface area contributed by atoms with Gasteiger partial charge in [-0.2, -0.15) is 0 Å². The molecule has 5 nitrogen and oxygen atoms in total. The van der Waals surface area contributed by atoms with Gasteiger partial charge in [-0.05, 0) is 0 Å². The highest BCUT2D eigenvalue weighted by Gasteiger charge is 2.25. The second-order valence-corrected chi connectivity index (χ2v) is 3.64. The first kappa shape index (κ1) is 12.7. The molecule has 1 rings (SSSR count). The lowest BCUT2D eigenvalue weighted by Crippen LogP contribution is -2.37. The van der Waals surface area contributed by atoms with Crippen LogP contribution < -0.4 is 0 Å². The summed E-state index contributed by atoms with van der Waals surface area (Å²) in [5.74, 6) is -0.610. The van der Waals surface area contributed by atoms with Gasteiger partial charge in [-0.1, -0.05) is 12.2 Å². The molecule has 0 radical (unpaired) electrons. The first-order valence-corrected chi connectivity index (χ1v) is 5.20. The van der Waals surface area contributed by atoms with E-state index in [1.807, 2.05) is 17.1 Å². The fourth-order valence-corrected chi connectivity index (χ4v) is 1.67. The van der Waals surface area contributed by atoms with Crippen molar-refractivity contribution < 1.29 is 19.1 Å². The van der Waals surface area contributed by atoms with Crippen LogP contribution in [-0.4, -0.2) is 50.2 Å². The molecular formula is C11H17NO4. The van der Waals surface area contributed by atoms with Gasteiger partial charge in [-0.3, -0.25) is 14.5 Å². The SMILES string of the molecule is COC(=O)CC(CC(=O)OC)N1CC=CC1. The quantitative estimate of drug-likeness (QED) is 0.501. The molecule has 1 heterocycles. The largest absolute Gasteiger partial charge is 0.469 e. The molecular weight excluding hydrogens is 210 g/mol. The number of rotatable bonds is 5. The van der Waals surface area contributed by atoms with Gasteiger partial charge in [0.1, 0.15) is 0 Å². The van der Waals surface area contributed by atoms with E-state index in [0.29, 0.717) is 0 Å². The predicted molar refractivity (Wildman–Crippen MR) is 57.8 cm³/mol. The smallest absolute Gasteiger partial charge is 0.307 e. The molecule has 16 heavy (non-hydrogen) atoms. The fourth-order valence-electron chi connectivity index (χ4n) is 1.67. The van der Waals surface area contributed by atoms with Crippen LogP contribution in [0.5, 0.6) is 0 Å². The van der Waals surface area contributed by atoms with Gasteiger partial charge in [0, 0.05) is 19.1 Å². The molecule has 0 amide bonds. The van der Waals surface area contributed by atoms with E-state index in [0.717, 1.165) is 13.1 Å². The van der Waals surface area contributed by atoms with E-state index in [1.165, 1.54) is 14.2 Å². The number of methoxy groups -OCH3 is 2. The molecule has 0 unspecified atom stereocenters. The summed E-state index contributed by atoms with van der Waals surface area (Å²) in [5.41, 5.74) is 0. The van der Waals surface area contributed by atoms with Crippen LogP contribution in [0.25, 0.3) is 0 Å². The Kier molecular flexibility index (Phi) is 4.98. The molecule has 0 saturated carbocycles. The lowest BCUT2D eigenvalue weighted by atomic mass is 10.1. The Hall–Kier alpha value is -1.36. The Morgan fingerprint density at radius 1 is 1.12 bits per heavy atom. The minimum Gasteiger partial charge on any atom is -0.469 e. The van der Waals surface area contributed by atoms with Gasteiger partial charge in [-0.15, -0.1) is 0 Å². The van der Waals surface area contributed by atoms with Crippen LogP contribution in [0, 0.1) is 0 Å². The van der Waals surface area contributed by atoms with Crippen LogP contribution in [0.15, 0.2) is 12.2 Å². The van der Waals surface area contributed by atoms with E-state index in [2.05, 4.69) is 9.47 Å². The summed E-state index contributed by atoms with van der Waals surface area (Å²) in [6, 6.07) is -0.144. The molecule has 0 aliphatic carbocycles. The standard InChI is InChI=1S/C11H17NO4/c1-15-10(13)7-9(8-11(14)16-2)12-5-3-4-6-12/h3-4,9H,5-8H2,1-2H3. The molecule has 0 saturated heterocycles. The number of carbonyl (C=O) groups is 2. The topological polar surface area (TPSA) is 55.8 Å². The average molecular weight is 227 g/mol. The Morgan fingerprint density at radius 2 is 1.56 bits per heavy atom. The van der Waals surface area contributed by atoms with E-state index < -0.39 is 0 Å². The maximum Gasteiger partial charge on any atom is 0.307 e. The van der Waals surface area contributed by atoms with Crippen molar-refractivity contribution in [3.63, 3.8) is 0 Å². The number of hydrogen-bond donors (Lipinski definition) is 0. The van der Waals surface area contributed by atoms with Gasteiger partial charge in [0.25, 0.3) is 0 Å². The monoisotopic (exact) mass is 227 g/mol. The molecule has 1 aliphatic heterocycles. The molecule has 0 bridgehead atoms. The van der Waals surface area contributed by atoms with Crippen LogP contribution in [0.3, 0.4) is 0 Å². The van der Waals surface area contributed by atoms with Gasteiger partial charge in [0.2, 0.25) is 0 Å². The summed E-state index contributed by atoms with van der Waals surface area (Å²) in [6.45, 7) is 1.53. The van der Waals surface area contributed by atoms with E-state index in [9.17, 15) is 9.59 Å². The number of nitrogens with zero attached hydrogens (tertiary/aromatic N) is 1. The third kappa shape index (κ3) is 3.66. The van der Waals surface area contributed by atoms with E-state index >= 15 is 0 Å². The highest BCUT2D eigenvalue weighted by Crippen LogP contribution is 2.14. The van der Waals surface area contributed by atoms with Crippen molar-refractivity contribution >= 4 is 11.9 Å². The van der Waals surface area contributed by atoms with Crippen molar-refractivity contribution in [3.8, 4) is 0 Å². The molecule has 1 aliphatic rings. The summed E-state index contributed by atoms with van der Waals surface area (Å²) in [4.78, 5) is 24.5. The van der Waals surface area contributed by atoms with Gasteiger partial charge in [0.15, 0.2) is 0 Å². The van der Waals surface area contributed by atoms with Crippen LogP contribution >= 0.6 is 0 Å². The molecule has 0 atom stereocenters. The fraction of sp³-hybridized carbons (Fsp3) is 0.636. The van der Waals surface area contributed by atoms with Gasteiger partial charge in [-0.25, -0.2) is 0 Å². The number of esters is 2. The van der Waals surface area contributed by atoms with Crippen molar-refractivity contribution in [1.82, 2.24) is 4.90 Å². The molecule has 0 aromatic rings. The second kappa shape index (κ2) is 6.27. The van der Waals surface area contributed by atoms with Gasteiger partial charge >= 0.3 is 11.9 Å². The van der Waals surface area contributed by atoms with Crippen LogP contribution in [0.2, 0.25) is 0 Å². The van der Waals surface area contributed by atoms with Gasteiger partial charge in [0.05, 0.1) is 27.1 Å². The van der Waals surface area contributed by atoms with E-state index in [-0.39, 0.29) is 30.8 Å². The zero-order chi connectivity index (χ0) is 12.0. The lowest BCUT2D eigenvalue weighted by molar-refractivity contribution is -0.144. The normalized spacial score (nSPS) is 15.4. The van der Waals surface area contributed by atoms with Crippen molar-refractivity contribution in [2.75, 3.05) is 27.3 Å². The summed E-state index contributed by atoms with van der Waals surface area (Å²) in [5, 5.41) is 0. The van der Waals surface area contributed by atoms with E-state index in [1.54, 1.807) is 0 Å². The van der Waals surface area contributed by atoms with Crippen molar-refractivity contribution in [2.45, 2.75) is 18.9 Å². The number of hydrogen-bond acceptors (Lipinski definition) is 5. The van der Waals surface area contributed by atoms with E-state index in [4.69, 9.17) is 0 Å². The third-order valence-corrected chi connectivity index (χ3v) is 2.62. The van der Waals surface area contributed by atoms with Crippen molar-refractivity contribution in [3.05, 3.63) is 12.2 Å². The van der Waals surface area contributed by atoms with Gasteiger partial charge < -0.3 is 9.47 Å². The molecule has 5 heteroatoms. The summed E-state index contributed by atoms with van der Waals surface area (Å²) in [6.07, 6.45) is 4.46. The zero-order valence-electron chi connectivity index (χ0n) is 9.64. The summed E-state index contributed by atoms with van der Waals surface area (Å²) >= 11 is 0. The molecule has 0 aromatic heterocycles. The first-order valence-electron chi connectivity index (χ1n) is 5.20. The van der Waals surface area contributed by atoms with Crippen molar-refractivity contribution in [1.29, 1.82) is 0 Å². The Morgan fingerprint density at radius 3 is 1.94 bits per heavy atom. The average Bonchev–Trinajstić information content (AvgIpc) is 2.81. The summed E-state index contributed by atoms with van der Waals surface area (Å²) in [7, 11) is 2.69. The van der Waals surface area contributed by atoms with Crippen LogP contribution in [0.1, 0.15) is 12.8 Å². The lowest BCUT2D eigenvalue weighted by Gasteiger charge is -2.25. The van der Waals surface area contributed by atoms with Crippen molar-refractivity contribution in [2.24, 2.45) is 0 Å². The predicted octanol–water partition coefficient (Wildman–Crippen LogP) is 0.353.